The van der Waals surface area contributed by atoms with E-state index >= 15 is 0 Å². The summed E-state index contributed by atoms with van der Waals surface area (Å²) in [7, 11) is 0. The second-order valence-corrected chi connectivity index (χ2v) is 6.08. The molecule has 0 radical (unpaired) electrons. The van der Waals surface area contributed by atoms with Crippen molar-refractivity contribution < 1.29 is 10.3 Å². The molecule has 1 fully saturated rings. The van der Waals surface area contributed by atoms with Crippen molar-refractivity contribution >= 4 is 11.7 Å². The zero-order chi connectivity index (χ0) is 15.0. The SMILES string of the molecule is CC1CN(c2nc3c(cc2C(N)=NO)CCC3)CCC1O. The topological polar surface area (TPSA) is 95.0 Å². The van der Waals surface area contributed by atoms with Crippen molar-refractivity contribution in [3.05, 3.63) is 22.9 Å². The Labute approximate surface area is 124 Å². The lowest BCUT2D eigenvalue weighted by Crippen LogP contribution is -2.43. The van der Waals surface area contributed by atoms with Gasteiger partial charge in [-0.25, -0.2) is 4.98 Å². The van der Waals surface area contributed by atoms with Crippen LogP contribution in [0.3, 0.4) is 0 Å². The molecule has 0 spiro atoms. The van der Waals surface area contributed by atoms with Crippen LogP contribution in [0.25, 0.3) is 0 Å². The second kappa shape index (κ2) is 5.52. The quantitative estimate of drug-likeness (QED) is 0.325. The van der Waals surface area contributed by atoms with Crippen LogP contribution in [0.2, 0.25) is 0 Å². The van der Waals surface area contributed by atoms with Crippen LogP contribution in [-0.2, 0) is 12.8 Å². The van der Waals surface area contributed by atoms with E-state index in [1.165, 1.54) is 5.56 Å². The molecule has 1 aromatic heterocycles. The molecule has 2 aliphatic rings. The molecule has 0 amide bonds. The molecular formula is C15H22N4O2. The molecule has 114 valence electrons. The molecule has 1 aromatic rings. The zero-order valence-corrected chi connectivity index (χ0v) is 12.3. The number of nitrogens with zero attached hydrogens (tertiary/aromatic N) is 3. The van der Waals surface area contributed by atoms with Gasteiger partial charge in [-0.3, -0.25) is 0 Å². The summed E-state index contributed by atoms with van der Waals surface area (Å²) in [4.78, 5) is 6.92. The number of pyridine rings is 1. The van der Waals surface area contributed by atoms with E-state index in [1.54, 1.807) is 0 Å². The van der Waals surface area contributed by atoms with Crippen molar-refractivity contribution in [2.75, 3.05) is 18.0 Å². The lowest BCUT2D eigenvalue weighted by atomic mass is 9.96. The fraction of sp³-hybridized carbons (Fsp3) is 0.600. The van der Waals surface area contributed by atoms with E-state index in [0.717, 1.165) is 50.3 Å². The monoisotopic (exact) mass is 290 g/mol. The van der Waals surface area contributed by atoms with Crippen LogP contribution in [0.5, 0.6) is 0 Å². The predicted octanol–water partition coefficient (Wildman–Crippen LogP) is 0.872. The second-order valence-electron chi connectivity index (χ2n) is 6.08. The molecule has 2 atom stereocenters. The third-order valence-corrected chi connectivity index (χ3v) is 4.57. The summed E-state index contributed by atoms with van der Waals surface area (Å²) < 4.78 is 0. The number of anilines is 1. The maximum atomic E-state index is 9.89. The average molecular weight is 290 g/mol. The van der Waals surface area contributed by atoms with Gasteiger partial charge in [-0.15, -0.1) is 0 Å². The van der Waals surface area contributed by atoms with E-state index < -0.39 is 0 Å². The van der Waals surface area contributed by atoms with Crippen molar-refractivity contribution in [2.45, 2.75) is 38.7 Å². The summed E-state index contributed by atoms with van der Waals surface area (Å²) in [5, 5.41) is 22.1. The fourth-order valence-electron chi connectivity index (χ4n) is 3.27. The lowest BCUT2D eigenvalue weighted by molar-refractivity contribution is 0.0968. The molecule has 3 rings (SSSR count). The molecule has 1 aliphatic carbocycles. The highest BCUT2D eigenvalue weighted by Gasteiger charge is 2.28. The Morgan fingerprint density at radius 2 is 2.29 bits per heavy atom. The number of aromatic nitrogens is 1. The fourth-order valence-corrected chi connectivity index (χ4v) is 3.27. The van der Waals surface area contributed by atoms with Crippen LogP contribution >= 0.6 is 0 Å². The minimum atomic E-state index is -0.261. The molecular weight excluding hydrogens is 268 g/mol. The first-order valence-electron chi connectivity index (χ1n) is 7.54. The van der Waals surface area contributed by atoms with Gasteiger partial charge >= 0.3 is 0 Å². The highest BCUT2D eigenvalue weighted by atomic mass is 16.4. The van der Waals surface area contributed by atoms with Crippen LogP contribution in [0.1, 0.15) is 36.6 Å². The maximum absolute atomic E-state index is 9.89. The number of fused-ring (bicyclic) bond motifs is 1. The smallest absolute Gasteiger partial charge is 0.173 e. The molecule has 0 aromatic carbocycles. The van der Waals surface area contributed by atoms with E-state index in [0.29, 0.717) is 5.56 Å². The van der Waals surface area contributed by atoms with Gasteiger partial charge in [0.2, 0.25) is 0 Å². The number of piperidine rings is 1. The summed E-state index contributed by atoms with van der Waals surface area (Å²) in [6.07, 6.45) is 3.56. The maximum Gasteiger partial charge on any atom is 0.173 e. The lowest BCUT2D eigenvalue weighted by Gasteiger charge is -2.36. The molecule has 1 aliphatic heterocycles. The van der Waals surface area contributed by atoms with Crippen molar-refractivity contribution in [1.82, 2.24) is 4.98 Å². The average Bonchev–Trinajstić information content (AvgIpc) is 2.95. The third kappa shape index (κ3) is 2.55. The molecule has 0 saturated carbocycles. The summed E-state index contributed by atoms with van der Waals surface area (Å²) >= 11 is 0. The first-order valence-corrected chi connectivity index (χ1v) is 7.54. The molecule has 2 unspecified atom stereocenters. The van der Waals surface area contributed by atoms with Gasteiger partial charge in [0.15, 0.2) is 5.84 Å². The molecule has 21 heavy (non-hydrogen) atoms. The van der Waals surface area contributed by atoms with Gasteiger partial charge in [-0.1, -0.05) is 12.1 Å². The number of aliphatic hydroxyl groups excluding tert-OH is 1. The molecule has 6 heteroatoms. The van der Waals surface area contributed by atoms with E-state index in [9.17, 15) is 5.11 Å². The predicted molar refractivity (Wildman–Crippen MR) is 80.8 cm³/mol. The normalized spacial score (nSPS) is 26.0. The minimum absolute atomic E-state index is 0.103. The molecule has 4 N–H and O–H groups in total. The minimum Gasteiger partial charge on any atom is -0.409 e. The summed E-state index contributed by atoms with van der Waals surface area (Å²) in [6, 6.07) is 2.01. The van der Waals surface area contributed by atoms with Crippen LogP contribution in [-0.4, -0.2) is 40.3 Å². The van der Waals surface area contributed by atoms with Gasteiger partial charge in [0.05, 0.1) is 11.7 Å². The van der Waals surface area contributed by atoms with Crippen molar-refractivity contribution in [1.29, 1.82) is 0 Å². The van der Waals surface area contributed by atoms with Crippen molar-refractivity contribution in [3.8, 4) is 0 Å². The van der Waals surface area contributed by atoms with Gasteiger partial charge in [0, 0.05) is 18.8 Å². The number of amidine groups is 1. The Morgan fingerprint density at radius 3 is 3.00 bits per heavy atom. The largest absolute Gasteiger partial charge is 0.409 e. The van der Waals surface area contributed by atoms with Gasteiger partial charge < -0.3 is 20.9 Å². The van der Waals surface area contributed by atoms with Crippen LogP contribution in [0.15, 0.2) is 11.2 Å². The number of oxime groups is 1. The first kappa shape index (κ1) is 14.1. The summed E-state index contributed by atoms with van der Waals surface area (Å²) in [5.74, 6) is 1.07. The Balaban J connectivity index is 2.00. The first-order chi connectivity index (χ1) is 10.1. The number of aliphatic hydroxyl groups is 1. The van der Waals surface area contributed by atoms with E-state index in [1.807, 2.05) is 13.0 Å². The van der Waals surface area contributed by atoms with Gasteiger partial charge in [-0.05, 0) is 43.2 Å². The van der Waals surface area contributed by atoms with Crippen molar-refractivity contribution in [2.24, 2.45) is 16.8 Å². The molecule has 6 nitrogen and oxygen atoms in total. The molecule has 1 saturated heterocycles. The zero-order valence-electron chi connectivity index (χ0n) is 12.3. The standard InChI is InChI=1S/C15H22N4O2/c1-9-8-19(6-5-13(9)20)15-11(14(16)18-21)7-10-3-2-4-12(10)17-15/h7,9,13,20-21H,2-6,8H2,1H3,(H2,16,18). The Kier molecular flexibility index (Phi) is 3.71. The van der Waals surface area contributed by atoms with E-state index in [4.69, 9.17) is 15.9 Å². The number of hydrogen-bond acceptors (Lipinski definition) is 5. The Morgan fingerprint density at radius 1 is 1.48 bits per heavy atom. The highest BCUT2D eigenvalue weighted by Crippen LogP contribution is 2.30. The Bertz CT molecular complexity index is 573. The summed E-state index contributed by atoms with van der Waals surface area (Å²) in [5.41, 5.74) is 8.86. The molecule has 0 bridgehead atoms. The van der Waals surface area contributed by atoms with Crippen LogP contribution in [0.4, 0.5) is 5.82 Å². The molecule has 2 heterocycles. The number of nitrogens with two attached hydrogens (primary N) is 1. The van der Waals surface area contributed by atoms with Crippen LogP contribution < -0.4 is 10.6 Å². The highest BCUT2D eigenvalue weighted by molar-refractivity contribution is 6.01. The van der Waals surface area contributed by atoms with Crippen molar-refractivity contribution in [3.63, 3.8) is 0 Å². The summed E-state index contributed by atoms with van der Waals surface area (Å²) in [6.45, 7) is 3.51. The van der Waals surface area contributed by atoms with E-state index in [2.05, 4.69) is 10.1 Å². The van der Waals surface area contributed by atoms with Crippen LogP contribution in [0, 0.1) is 5.92 Å². The van der Waals surface area contributed by atoms with Gasteiger partial charge in [0.25, 0.3) is 0 Å². The third-order valence-electron chi connectivity index (χ3n) is 4.57. The van der Waals surface area contributed by atoms with E-state index in [-0.39, 0.29) is 17.9 Å². The Hall–Kier alpha value is -1.82. The number of hydrogen-bond donors (Lipinski definition) is 3. The number of rotatable bonds is 2. The van der Waals surface area contributed by atoms with Gasteiger partial charge in [-0.2, -0.15) is 0 Å². The van der Waals surface area contributed by atoms with Gasteiger partial charge in [0.1, 0.15) is 5.82 Å². The number of aryl methyl sites for hydroxylation is 2.